The Labute approximate surface area is 153 Å². The summed E-state index contributed by atoms with van der Waals surface area (Å²) in [6, 6.07) is 0. The first-order valence-corrected chi connectivity index (χ1v) is 7.82. The predicted octanol–water partition coefficient (Wildman–Crippen LogP) is 4.10. The maximum absolute atomic E-state index is 13.0. The zero-order valence-corrected chi connectivity index (χ0v) is 14.2. The van der Waals surface area contributed by atoms with Gasteiger partial charge in [-0.3, -0.25) is 0 Å². The van der Waals surface area contributed by atoms with E-state index in [0.717, 1.165) is 6.92 Å². The zero-order valence-electron chi connectivity index (χ0n) is 13.4. The van der Waals surface area contributed by atoms with Gasteiger partial charge in [-0.2, -0.15) is 43.5 Å². The van der Waals surface area contributed by atoms with Crippen molar-refractivity contribution in [1.29, 1.82) is 0 Å². The van der Waals surface area contributed by atoms with Gasteiger partial charge >= 0.3 is 33.8 Å². The average Bonchev–Trinajstić information content (AvgIpc) is 2.92. The molecule has 0 spiro atoms. The number of hydrogen-bond donors (Lipinski definition) is 0. The summed E-state index contributed by atoms with van der Waals surface area (Å²) in [7, 11) is -6.90. The topological polar surface area (TPSA) is 71.1 Å². The van der Waals surface area contributed by atoms with Crippen LogP contribution in [0.3, 0.4) is 0 Å². The summed E-state index contributed by atoms with van der Waals surface area (Å²) in [5, 5.41) is -6.55. The summed E-state index contributed by atoms with van der Waals surface area (Å²) in [5.74, 6) is -6.08. The smallest absolute Gasteiger partial charge is 0.342 e. The molecule has 1 rings (SSSR count). The van der Waals surface area contributed by atoms with Gasteiger partial charge in [-0.15, -0.1) is 13.2 Å². The summed E-state index contributed by atoms with van der Waals surface area (Å²) in [6.45, 7) is 0.890. The molecule has 1 aliphatic heterocycles. The van der Waals surface area contributed by atoms with Crippen LogP contribution in [0, 0.1) is 0 Å². The SMILES string of the molecule is CC1(C(F)(F)C=C(F)F)OCCO1.O=S(=O)(OF)C(F)(F)C(F)(F)OC(F)(F)F. The fourth-order valence-corrected chi connectivity index (χ4v) is 1.78. The molecule has 0 radical (unpaired) electrons. The molecule has 0 unspecified atom stereocenters. The van der Waals surface area contributed by atoms with Crippen LogP contribution in [0.1, 0.15) is 6.92 Å². The molecule has 0 aliphatic carbocycles. The lowest BCUT2D eigenvalue weighted by atomic mass is 10.1. The second kappa shape index (κ2) is 8.82. The van der Waals surface area contributed by atoms with E-state index in [0.29, 0.717) is 0 Å². The van der Waals surface area contributed by atoms with E-state index in [1.807, 2.05) is 0 Å². The first-order valence-electron chi connectivity index (χ1n) is 6.41. The Morgan fingerprint density at radius 3 is 1.69 bits per heavy atom. The van der Waals surface area contributed by atoms with Crippen molar-refractivity contribution >= 4 is 10.1 Å². The fraction of sp³-hybridized carbons (Fsp3) is 0.800. The Kier molecular flexibility index (Phi) is 8.42. The lowest BCUT2D eigenvalue weighted by Crippen LogP contribution is -2.51. The van der Waals surface area contributed by atoms with Crippen molar-refractivity contribution in [2.24, 2.45) is 0 Å². The molecule has 0 amide bonds. The molecule has 1 fully saturated rings. The van der Waals surface area contributed by atoms with Crippen LogP contribution in [0.4, 0.5) is 52.8 Å². The molecule has 6 nitrogen and oxygen atoms in total. The van der Waals surface area contributed by atoms with Crippen molar-refractivity contribution in [2.75, 3.05) is 13.2 Å². The van der Waals surface area contributed by atoms with Gasteiger partial charge in [0.1, 0.15) is 0 Å². The Bertz CT molecular complexity index is 678. The van der Waals surface area contributed by atoms with Gasteiger partial charge in [0, 0.05) is 0 Å². The van der Waals surface area contributed by atoms with Crippen molar-refractivity contribution in [2.45, 2.75) is 36.4 Å². The van der Waals surface area contributed by atoms with E-state index >= 15 is 0 Å². The molecule has 0 atom stereocenters. The quantitative estimate of drug-likeness (QED) is 0.529. The van der Waals surface area contributed by atoms with Crippen LogP contribution < -0.4 is 0 Å². The van der Waals surface area contributed by atoms with Gasteiger partial charge in [0.15, 0.2) is 0 Å². The Morgan fingerprint density at radius 2 is 1.38 bits per heavy atom. The predicted molar refractivity (Wildman–Crippen MR) is 63.7 cm³/mol. The molecule has 19 heteroatoms. The molecule has 174 valence electrons. The molecule has 1 aliphatic rings. The number of halogens is 12. The number of ether oxygens (including phenoxy) is 3. The molecule has 0 N–H and O–H groups in total. The van der Waals surface area contributed by atoms with Gasteiger partial charge < -0.3 is 9.47 Å². The second-order valence-electron chi connectivity index (χ2n) is 4.80. The van der Waals surface area contributed by atoms with Crippen LogP contribution in [0.5, 0.6) is 0 Å². The molecule has 0 bridgehead atoms. The molecule has 29 heavy (non-hydrogen) atoms. The molecular formula is C10H8F12O6S. The van der Waals surface area contributed by atoms with E-state index in [4.69, 9.17) is 0 Å². The van der Waals surface area contributed by atoms with Gasteiger partial charge in [-0.1, -0.05) is 4.39 Å². The Hall–Kier alpha value is -1.31. The number of rotatable bonds is 6. The summed E-state index contributed by atoms with van der Waals surface area (Å²) in [4.78, 5) is 0. The van der Waals surface area contributed by atoms with Gasteiger partial charge in [0.2, 0.25) is 5.79 Å². The molecule has 1 heterocycles. The number of alkyl halides is 9. The Morgan fingerprint density at radius 1 is 0.966 bits per heavy atom. The normalized spacial score (nSPS) is 18.1. The maximum Gasteiger partial charge on any atom is 0.527 e. The molecule has 0 saturated carbocycles. The molecule has 0 aromatic rings. The first-order chi connectivity index (χ1) is 12.6. The summed E-state index contributed by atoms with van der Waals surface area (Å²) < 4.78 is 174. The molecular weight excluding hydrogens is 476 g/mol. The van der Waals surface area contributed by atoms with E-state index in [9.17, 15) is 61.2 Å². The van der Waals surface area contributed by atoms with Crippen LogP contribution in [0.15, 0.2) is 12.2 Å². The second-order valence-corrected chi connectivity index (χ2v) is 6.35. The monoisotopic (exact) mass is 484 g/mol. The zero-order chi connectivity index (χ0) is 23.5. The average molecular weight is 484 g/mol. The van der Waals surface area contributed by atoms with Crippen LogP contribution in [0.25, 0.3) is 0 Å². The van der Waals surface area contributed by atoms with Crippen molar-refractivity contribution in [1.82, 2.24) is 0 Å². The molecule has 0 aromatic heterocycles. The van der Waals surface area contributed by atoms with Crippen LogP contribution in [-0.4, -0.2) is 51.1 Å². The highest BCUT2D eigenvalue weighted by atomic mass is 32.2. The van der Waals surface area contributed by atoms with Gasteiger partial charge in [0.05, 0.1) is 19.3 Å². The van der Waals surface area contributed by atoms with E-state index in [1.54, 1.807) is 4.74 Å². The van der Waals surface area contributed by atoms with E-state index in [-0.39, 0.29) is 13.2 Å². The third-order valence-corrected chi connectivity index (χ3v) is 3.75. The largest absolute Gasteiger partial charge is 0.527 e. The fourth-order valence-electron chi connectivity index (χ4n) is 1.36. The minimum Gasteiger partial charge on any atom is -0.342 e. The Balaban J connectivity index is 0.000000551. The van der Waals surface area contributed by atoms with Crippen molar-refractivity contribution in [3.63, 3.8) is 0 Å². The number of hydrogen-bond acceptors (Lipinski definition) is 6. The maximum atomic E-state index is 13.0. The highest BCUT2D eigenvalue weighted by molar-refractivity contribution is 7.87. The molecule has 1 saturated heterocycles. The minimum atomic E-state index is -6.90. The summed E-state index contributed by atoms with van der Waals surface area (Å²) >= 11 is 0. The summed E-state index contributed by atoms with van der Waals surface area (Å²) in [5.41, 5.74) is 0. The highest BCUT2D eigenvalue weighted by Gasteiger charge is 2.72. The van der Waals surface area contributed by atoms with Gasteiger partial charge in [0.25, 0.3) is 6.08 Å². The first kappa shape index (κ1) is 27.7. The van der Waals surface area contributed by atoms with E-state index < -0.39 is 51.7 Å². The van der Waals surface area contributed by atoms with Crippen LogP contribution >= 0.6 is 0 Å². The standard InChI is InChI=1S/C7H8F4O2.C3F8O4S/c1-6(12-2-3-13-6)7(10,11)4-5(8)9;4-1(5,14-3(8,9)10)2(6,7)16(12,13)15-11/h4H,2-3H2,1H3;. The minimum absolute atomic E-state index is 0.0200. The van der Waals surface area contributed by atoms with Gasteiger partial charge in [-0.25, -0.2) is 4.74 Å². The highest BCUT2D eigenvalue weighted by Crippen LogP contribution is 2.44. The van der Waals surface area contributed by atoms with Crippen LogP contribution in [0.2, 0.25) is 0 Å². The van der Waals surface area contributed by atoms with Gasteiger partial charge in [-0.05, 0) is 11.4 Å². The lowest BCUT2D eigenvalue weighted by Gasteiger charge is -2.28. The van der Waals surface area contributed by atoms with E-state index in [1.165, 1.54) is 4.39 Å². The van der Waals surface area contributed by atoms with Crippen molar-refractivity contribution in [3.05, 3.63) is 12.2 Å². The summed E-state index contributed by atoms with van der Waals surface area (Å²) in [6.07, 6.45) is -15.7. The molecule has 0 aromatic carbocycles. The van der Waals surface area contributed by atoms with Crippen molar-refractivity contribution in [3.8, 4) is 0 Å². The van der Waals surface area contributed by atoms with Crippen LogP contribution in [-0.2, 0) is 28.7 Å². The van der Waals surface area contributed by atoms with E-state index in [2.05, 4.69) is 9.47 Å². The lowest BCUT2D eigenvalue weighted by molar-refractivity contribution is -0.453. The van der Waals surface area contributed by atoms with Crippen molar-refractivity contribution < 1.29 is 79.8 Å². The third-order valence-electron chi connectivity index (χ3n) is 2.71. The third kappa shape index (κ3) is 6.86.